The zero-order valence-electron chi connectivity index (χ0n) is 7.03. The second-order valence-electron chi connectivity index (χ2n) is 3.70. The Kier molecular flexibility index (Phi) is 1.85. The average Bonchev–Trinajstić information content (AvgIpc) is 2.88. The van der Waals surface area contributed by atoms with E-state index in [-0.39, 0.29) is 5.41 Å². The molecule has 1 aromatic rings. The first-order valence-electron chi connectivity index (χ1n) is 4.34. The third kappa shape index (κ3) is 1.48. The maximum atomic E-state index is 9.10. The van der Waals surface area contributed by atoms with Gasteiger partial charge in [0.25, 0.3) is 0 Å². The lowest BCUT2D eigenvalue weighted by molar-refractivity contribution is 0.211. The minimum Gasteiger partial charge on any atom is -0.396 e. The third-order valence-corrected chi connectivity index (χ3v) is 2.59. The van der Waals surface area contributed by atoms with E-state index in [1.54, 1.807) is 6.20 Å². The molecule has 0 spiro atoms. The highest BCUT2D eigenvalue weighted by molar-refractivity contribution is 5.14. The highest BCUT2D eigenvalue weighted by Gasteiger charge is 2.41. The standard InChI is InChI=1S/C10H13NO/c12-8-10(3-4-10)6-9-2-1-5-11-7-9/h1-2,5,7,12H,3-4,6,8H2. The number of aliphatic hydroxyl groups is 1. The van der Waals surface area contributed by atoms with Crippen molar-refractivity contribution in [2.75, 3.05) is 6.61 Å². The van der Waals surface area contributed by atoms with Gasteiger partial charge in [0, 0.05) is 19.0 Å². The number of nitrogens with zero attached hydrogens (tertiary/aromatic N) is 1. The molecule has 1 aliphatic rings. The fourth-order valence-corrected chi connectivity index (χ4v) is 1.50. The smallest absolute Gasteiger partial charge is 0.0490 e. The Hall–Kier alpha value is -0.890. The molecule has 1 fully saturated rings. The van der Waals surface area contributed by atoms with Crippen LogP contribution in [0.15, 0.2) is 24.5 Å². The number of hydrogen-bond donors (Lipinski definition) is 1. The fourth-order valence-electron chi connectivity index (χ4n) is 1.50. The van der Waals surface area contributed by atoms with E-state index >= 15 is 0 Å². The van der Waals surface area contributed by atoms with Gasteiger partial charge in [0.2, 0.25) is 0 Å². The summed E-state index contributed by atoms with van der Waals surface area (Å²) in [6.07, 6.45) is 6.98. The van der Waals surface area contributed by atoms with Crippen LogP contribution in [0.25, 0.3) is 0 Å². The summed E-state index contributed by atoms with van der Waals surface area (Å²) in [7, 11) is 0. The number of rotatable bonds is 3. The van der Waals surface area contributed by atoms with Crippen molar-refractivity contribution in [2.24, 2.45) is 5.41 Å². The molecule has 0 aliphatic heterocycles. The minimum absolute atomic E-state index is 0.211. The molecule has 1 saturated carbocycles. The second-order valence-corrected chi connectivity index (χ2v) is 3.70. The number of aromatic nitrogens is 1. The molecule has 0 radical (unpaired) electrons. The summed E-state index contributed by atoms with van der Waals surface area (Å²) in [4.78, 5) is 4.05. The van der Waals surface area contributed by atoms with E-state index in [9.17, 15) is 0 Å². The molecule has 1 heterocycles. The van der Waals surface area contributed by atoms with Gasteiger partial charge in [-0.1, -0.05) is 6.07 Å². The summed E-state index contributed by atoms with van der Waals surface area (Å²) in [5.41, 5.74) is 1.45. The molecular formula is C10H13NO. The van der Waals surface area contributed by atoms with Crippen molar-refractivity contribution < 1.29 is 5.11 Å². The van der Waals surface area contributed by atoms with Crippen molar-refractivity contribution >= 4 is 0 Å². The highest BCUT2D eigenvalue weighted by Crippen LogP contribution is 2.47. The Bertz CT molecular complexity index is 254. The maximum Gasteiger partial charge on any atom is 0.0490 e. The quantitative estimate of drug-likeness (QED) is 0.730. The summed E-state index contributed by atoms with van der Waals surface area (Å²) in [6, 6.07) is 4.02. The molecule has 64 valence electrons. The molecule has 0 amide bonds. The molecule has 2 rings (SSSR count). The summed E-state index contributed by atoms with van der Waals surface area (Å²) in [5.74, 6) is 0. The topological polar surface area (TPSA) is 33.1 Å². The maximum absolute atomic E-state index is 9.10. The Morgan fingerprint density at radius 1 is 1.50 bits per heavy atom. The molecule has 2 nitrogen and oxygen atoms in total. The van der Waals surface area contributed by atoms with Crippen molar-refractivity contribution in [3.05, 3.63) is 30.1 Å². The largest absolute Gasteiger partial charge is 0.396 e. The van der Waals surface area contributed by atoms with Crippen molar-refractivity contribution in [2.45, 2.75) is 19.3 Å². The molecule has 1 aromatic heterocycles. The Labute approximate surface area is 72.3 Å². The first kappa shape index (κ1) is 7.74. The first-order valence-corrected chi connectivity index (χ1v) is 4.34. The van der Waals surface area contributed by atoms with Gasteiger partial charge < -0.3 is 5.11 Å². The number of pyridine rings is 1. The molecule has 0 saturated heterocycles. The van der Waals surface area contributed by atoms with Crippen molar-refractivity contribution in [3.63, 3.8) is 0 Å². The SMILES string of the molecule is OCC1(Cc2cccnc2)CC1. The third-order valence-electron chi connectivity index (χ3n) is 2.59. The van der Waals surface area contributed by atoms with Crippen LogP contribution in [0, 0.1) is 5.41 Å². The molecule has 0 aromatic carbocycles. The van der Waals surface area contributed by atoms with Gasteiger partial charge in [0.15, 0.2) is 0 Å². The van der Waals surface area contributed by atoms with Crippen LogP contribution in [0.5, 0.6) is 0 Å². The second kappa shape index (κ2) is 2.87. The Morgan fingerprint density at radius 3 is 2.83 bits per heavy atom. The van der Waals surface area contributed by atoms with E-state index in [1.165, 1.54) is 18.4 Å². The van der Waals surface area contributed by atoms with E-state index < -0.39 is 0 Å². The Balaban J connectivity index is 2.04. The number of hydrogen-bond acceptors (Lipinski definition) is 2. The Morgan fingerprint density at radius 2 is 2.33 bits per heavy atom. The molecular weight excluding hydrogens is 150 g/mol. The number of aliphatic hydroxyl groups excluding tert-OH is 1. The van der Waals surface area contributed by atoms with E-state index in [1.807, 2.05) is 12.3 Å². The van der Waals surface area contributed by atoms with Gasteiger partial charge >= 0.3 is 0 Å². The van der Waals surface area contributed by atoms with Gasteiger partial charge in [-0.05, 0) is 36.3 Å². The molecule has 0 atom stereocenters. The summed E-state index contributed by atoms with van der Waals surface area (Å²) >= 11 is 0. The van der Waals surface area contributed by atoms with Gasteiger partial charge in [-0.15, -0.1) is 0 Å². The van der Waals surface area contributed by atoms with Crippen LogP contribution in [-0.2, 0) is 6.42 Å². The van der Waals surface area contributed by atoms with Gasteiger partial charge in [0.05, 0.1) is 0 Å². The van der Waals surface area contributed by atoms with Crippen LogP contribution in [0.4, 0.5) is 0 Å². The lowest BCUT2D eigenvalue weighted by Gasteiger charge is -2.09. The van der Waals surface area contributed by atoms with Crippen LogP contribution < -0.4 is 0 Å². The predicted octanol–water partition coefficient (Wildman–Crippen LogP) is 1.40. The molecule has 0 bridgehead atoms. The lowest BCUT2D eigenvalue weighted by atomic mass is 9.99. The zero-order chi connectivity index (χ0) is 8.44. The van der Waals surface area contributed by atoms with Crippen LogP contribution >= 0.6 is 0 Å². The zero-order valence-corrected chi connectivity index (χ0v) is 7.03. The molecule has 1 aliphatic carbocycles. The first-order chi connectivity index (χ1) is 5.85. The predicted molar refractivity (Wildman–Crippen MR) is 46.7 cm³/mol. The summed E-state index contributed by atoms with van der Waals surface area (Å²) < 4.78 is 0. The summed E-state index contributed by atoms with van der Waals surface area (Å²) in [5, 5.41) is 9.10. The van der Waals surface area contributed by atoms with E-state index in [0.717, 1.165) is 6.42 Å². The normalized spacial score (nSPS) is 19.1. The van der Waals surface area contributed by atoms with Gasteiger partial charge in [-0.2, -0.15) is 0 Å². The molecule has 2 heteroatoms. The van der Waals surface area contributed by atoms with Gasteiger partial charge in [-0.3, -0.25) is 4.98 Å². The minimum atomic E-state index is 0.211. The van der Waals surface area contributed by atoms with Crippen LogP contribution in [0.2, 0.25) is 0 Å². The monoisotopic (exact) mass is 163 g/mol. The summed E-state index contributed by atoms with van der Waals surface area (Å²) in [6.45, 7) is 0.321. The van der Waals surface area contributed by atoms with Gasteiger partial charge in [0.1, 0.15) is 0 Å². The van der Waals surface area contributed by atoms with Crippen LogP contribution in [-0.4, -0.2) is 16.7 Å². The van der Waals surface area contributed by atoms with Crippen molar-refractivity contribution in [1.82, 2.24) is 4.98 Å². The van der Waals surface area contributed by atoms with Crippen molar-refractivity contribution in [3.8, 4) is 0 Å². The molecule has 0 unspecified atom stereocenters. The van der Waals surface area contributed by atoms with E-state index in [2.05, 4.69) is 11.1 Å². The highest BCUT2D eigenvalue weighted by atomic mass is 16.3. The fraction of sp³-hybridized carbons (Fsp3) is 0.500. The lowest BCUT2D eigenvalue weighted by Crippen LogP contribution is -2.09. The van der Waals surface area contributed by atoms with E-state index in [0.29, 0.717) is 6.61 Å². The van der Waals surface area contributed by atoms with Crippen LogP contribution in [0.1, 0.15) is 18.4 Å². The van der Waals surface area contributed by atoms with Crippen LogP contribution in [0.3, 0.4) is 0 Å². The molecule has 12 heavy (non-hydrogen) atoms. The van der Waals surface area contributed by atoms with E-state index in [4.69, 9.17) is 5.11 Å². The average molecular weight is 163 g/mol. The molecule has 1 N–H and O–H groups in total. The van der Waals surface area contributed by atoms with Gasteiger partial charge in [-0.25, -0.2) is 0 Å². The van der Waals surface area contributed by atoms with Crippen molar-refractivity contribution in [1.29, 1.82) is 0 Å².